The van der Waals surface area contributed by atoms with Gasteiger partial charge in [0.05, 0.1) is 24.3 Å². The maximum Gasteiger partial charge on any atom is 0.122 e. The summed E-state index contributed by atoms with van der Waals surface area (Å²) in [6.07, 6.45) is 2.02. The van der Waals surface area contributed by atoms with Crippen molar-refractivity contribution >= 4 is 10.9 Å². The zero-order valence-corrected chi connectivity index (χ0v) is 16.9. The molecular weight excluding hydrogens is 352 g/mol. The molecule has 1 aromatic heterocycles. The van der Waals surface area contributed by atoms with Crippen LogP contribution in [-0.2, 0) is 6.54 Å². The van der Waals surface area contributed by atoms with Gasteiger partial charge in [-0.2, -0.15) is 0 Å². The predicted molar refractivity (Wildman–Crippen MR) is 113 cm³/mol. The maximum absolute atomic E-state index is 9.40. The third kappa shape index (κ3) is 4.55. The van der Waals surface area contributed by atoms with Crippen LogP contribution in [0.5, 0.6) is 5.75 Å². The van der Waals surface area contributed by atoms with Crippen molar-refractivity contribution in [3.05, 3.63) is 65.9 Å². The molecule has 150 valence electrons. The summed E-state index contributed by atoms with van der Waals surface area (Å²) in [4.78, 5) is 0. The lowest BCUT2D eigenvalue weighted by atomic mass is 10.0. The van der Waals surface area contributed by atoms with E-state index in [1.54, 1.807) is 6.92 Å². The summed E-state index contributed by atoms with van der Waals surface area (Å²) in [6.45, 7) is 7.14. The van der Waals surface area contributed by atoms with E-state index in [9.17, 15) is 10.2 Å². The molecule has 3 rings (SSSR count). The molecule has 3 aromatic rings. The standard InChI is InChI=1S/C23H30N2O3/c1-17-6-4-5-7-21(17)18(2)28-20-9-8-19-10-12-25(22(19)14-20)13-11-24-23(3,15-26)16-27/h4-10,12,14,18,24,26-27H,11,13,15-16H2,1-3H3. The van der Waals surface area contributed by atoms with Crippen molar-refractivity contribution in [2.75, 3.05) is 19.8 Å². The molecule has 0 radical (unpaired) electrons. The lowest BCUT2D eigenvalue weighted by molar-refractivity contribution is 0.104. The molecule has 3 N–H and O–H groups in total. The molecule has 0 aliphatic carbocycles. The van der Waals surface area contributed by atoms with Gasteiger partial charge in [0.15, 0.2) is 0 Å². The topological polar surface area (TPSA) is 66.7 Å². The lowest BCUT2D eigenvalue weighted by Crippen LogP contribution is -2.49. The second kappa shape index (κ2) is 8.78. The number of rotatable bonds is 9. The van der Waals surface area contributed by atoms with E-state index < -0.39 is 5.54 Å². The van der Waals surface area contributed by atoms with Gasteiger partial charge in [-0.15, -0.1) is 0 Å². The molecule has 0 aliphatic heterocycles. The van der Waals surface area contributed by atoms with Crippen LogP contribution in [0.3, 0.4) is 0 Å². The zero-order chi connectivity index (χ0) is 20.1. The Labute approximate surface area is 166 Å². The quantitative estimate of drug-likeness (QED) is 0.530. The Balaban J connectivity index is 1.72. The van der Waals surface area contributed by atoms with Crippen LogP contribution in [0.25, 0.3) is 10.9 Å². The summed E-state index contributed by atoms with van der Waals surface area (Å²) < 4.78 is 8.37. The Morgan fingerprint density at radius 3 is 2.57 bits per heavy atom. The molecule has 0 bridgehead atoms. The molecule has 0 amide bonds. The van der Waals surface area contributed by atoms with Crippen molar-refractivity contribution in [3.8, 4) is 5.75 Å². The normalized spacial score (nSPS) is 13.0. The van der Waals surface area contributed by atoms with Gasteiger partial charge in [0.2, 0.25) is 0 Å². The van der Waals surface area contributed by atoms with Crippen molar-refractivity contribution in [1.82, 2.24) is 9.88 Å². The largest absolute Gasteiger partial charge is 0.486 e. The fraction of sp³-hybridized carbons (Fsp3) is 0.391. The molecule has 2 aromatic carbocycles. The third-order valence-corrected chi connectivity index (χ3v) is 5.29. The highest BCUT2D eigenvalue weighted by Gasteiger charge is 2.20. The highest BCUT2D eigenvalue weighted by molar-refractivity contribution is 5.81. The van der Waals surface area contributed by atoms with E-state index in [-0.39, 0.29) is 19.3 Å². The number of aliphatic hydroxyl groups is 2. The van der Waals surface area contributed by atoms with E-state index in [2.05, 4.69) is 60.3 Å². The van der Waals surface area contributed by atoms with Gasteiger partial charge in [-0.3, -0.25) is 0 Å². The Kier molecular flexibility index (Phi) is 6.39. The third-order valence-electron chi connectivity index (χ3n) is 5.29. The molecule has 1 atom stereocenters. The molecule has 0 spiro atoms. The van der Waals surface area contributed by atoms with E-state index in [0.717, 1.165) is 23.2 Å². The molecule has 0 fully saturated rings. The van der Waals surface area contributed by atoms with Crippen LogP contribution in [0, 0.1) is 6.92 Å². The predicted octanol–water partition coefficient (Wildman–Crippen LogP) is 3.42. The van der Waals surface area contributed by atoms with Crippen LogP contribution in [0.1, 0.15) is 31.1 Å². The van der Waals surface area contributed by atoms with Crippen LogP contribution in [0.2, 0.25) is 0 Å². The number of nitrogens with one attached hydrogen (secondary N) is 1. The van der Waals surface area contributed by atoms with Gasteiger partial charge in [0.25, 0.3) is 0 Å². The van der Waals surface area contributed by atoms with E-state index in [0.29, 0.717) is 6.54 Å². The summed E-state index contributed by atoms with van der Waals surface area (Å²) in [5, 5.41) is 23.2. The fourth-order valence-corrected chi connectivity index (χ4v) is 3.38. The Hall–Kier alpha value is -2.34. The van der Waals surface area contributed by atoms with E-state index in [4.69, 9.17) is 4.74 Å². The minimum absolute atomic E-state index is 0.0291. The summed E-state index contributed by atoms with van der Waals surface area (Å²) in [7, 11) is 0. The van der Waals surface area contributed by atoms with Crippen LogP contribution in [-0.4, -0.2) is 40.1 Å². The van der Waals surface area contributed by atoms with Crippen LogP contribution in [0.4, 0.5) is 0 Å². The first-order valence-corrected chi connectivity index (χ1v) is 9.73. The minimum Gasteiger partial charge on any atom is -0.486 e. The maximum atomic E-state index is 9.40. The first-order valence-electron chi connectivity index (χ1n) is 9.73. The summed E-state index contributed by atoms with van der Waals surface area (Å²) in [5.41, 5.74) is 2.85. The number of benzene rings is 2. The molecule has 0 saturated heterocycles. The molecule has 0 aliphatic rings. The average Bonchev–Trinajstić information content (AvgIpc) is 3.10. The van der Waals surface area contributed by atoms with Gasteiger partial charge in [-0.05, 0) is 55.5 Å². The molecule has 5 heteroatoms. The average molecular weight is 383 g/mol. The first-order chi connectivity index (χ1) is 13.5. The second-order valence-corrected chi connectivity index (χ2v) is 7.65. The number of hydrogen-bond acceptors (Lipinski definition) is 4. The molecule has 28 heavy (non-hydrogen) atoms. The van der Waals surface area contributed by atoms with Crippen molar-refractivity contribution in [3.63, 3.8) is 0 Å². The van der Waals surface area contributed by atoms with Gasteiger partial charge in [-0.25, -0.2) is 0 Å². The summed E-state index contributed by atoms with van der Waals surface area (Å²) >= 11 is 0. The highest BCUT2D eigenvalue weighted by atomic mass is 16.5. The molecule has 0 saturated carbocycles. The second-order valence-electron chi connectivity index (χ2n) is 7.65. The lowest BCUT2D eigenvalue weighted by Gasteiger charge is -2.26. The molecule has 1 unspecified atom stereocenters. The van der Waals surface area contributed by atoms with E-state index in [1.807, 2.05) is 18.2 Å². The van der Waals surface area contributed by atoms with Crippen molar-refractivity contribution < 1.29 is 14.9 Å². The van der Waals surface area contributed by atoms with E-state index >= 15 is 0 Å². The van der Waals surface area contributed by atoms with E-state index in [1.165, 1.54) is 11.1 Å². The fourth-order valence-electron chi connectivity index (χ4n) is 3.38. The number of aryl methyl sites for hydroxylation is 1. The Morgan fingerprint density at radius 2 is 1.86 bits per heavy atom. The summed E-state index contributed by atoms with van der Waals surface area (Å²) in [5.74, 6) is 0.840. The molecular formula is C23H30N2O3. The minimum atomic E-state index is -0.666. The van der Waals surface area contributed by atoms with Crippen molar-refractivity contribution in [2.45, 2.75) is 39.0 Å². The SMILES string of the molecule is Cc1ccccc1C(C)Oc1ccc2ccn(CCNC(C)(CO)CO)c2c1. The van der Waals surface area contributed by atoms with Gasteiger partial charge >= 0.3 is 0 Å². The number of aromatic nitrogens is 1. The Bertz CT molecular complexity index is 915. The van der Waals surface area contributed by atoms with Crippen LogP contribution >= 0.6 is 0 Å². The van der Waals surface area contributed by atoms with Gasteiger partial charge in [0.1, 0.15) is 11.9 Å². The zero-order valence-electron chi connectivity index (χ0n) is 16.9. The van der Waals surface area contributed by atoms with Gasteiger partial charge in [-0.1, -0.05) is 24.3 Å². The summed E-state index contributed by atoms with van der Waals surface area (Å²) in [6, 6.07) is 16.5. The first kappa shape index (κ1) is 20.4. The number of nitrogens with zero attached hydrogens (tertiary/aromatic N) is 1. The number of hydrogen-bond donors (Lipinski definition) is 3. The van der Waals surface area contributed by atoms with Crippen LogP contribution in [0.15, 0.2) is 54.7 Å². The smallest absolute Gasteiger partial charge is 0.122 e. The van der Waals surface area contributed by atoms with Gasteiger partial charge in [0, 0.05) is 25.4 Å². The number of fused-ring (bicyclic) bond motifs is 1. The number of aliphatic hydroxyl groups excluding tert-OH is 2. The Morgan fingerprint density at radius 1 is 1.11 bits per heavy atom. The van der Waals surface area contributed by atoms with Crippen LogP contribution < -0.4 is 10.1 Å². The monoisotopic (exact) mass is 382 g/mol. The van der Waals surface area contributed by atoms with Crippen molar-refractivity contribution in [1.29, 1.82) is 0 Å². The highest BCUT2D eigenvalue weighted by Crippen LogP contribution is 2.27. The number of ether oxygens (including phenoxy) is 1. The molecule has 1 heterocycles. The van der Waals surface area contributed by atoms with Gasteiger partial charge < -0.3 is 24.8 Å². The van der Waals surface area contributed by atoms with Crippen molar-refractivity contribution in [2.24, 2.45) is 0 Å². The molecule has 5 nitrogen and oxygen atoms in total.